The first-order valence-corrected chi connectivity index (χ1v) is 7.19. The van der Waals surface area contributed by atoms with Crippen molar-refractivity contribution in [1.82, 2.24) is 0 Å². The van der Waals surface area contributed by atoms with Gasteiger partial charge in [-0.05, 0) is 31.2 Å². The molecule has 0 heterocycles. The third-order valence-corrected chi connectivity index (χ3v) is 3.19. The number of esters is 1. The number of carbonyl (C=O) groups is 2. The van der Waals surface area contributed by atoms with Crippen molar-refractivity contribution in [2.75, 3.05) is 17.2 Å². The number of urea groups is 1. The second-order valence-corrected chi connectivity index (χ2v) is 4.85. The fourth-order valence-electron chi connectivity index (χ4n) is 1.86. The molecular weight excluding hydrogens is 323 g/mol. The summed E-state index contributed by atoms with van der Waals surface area (Å²) < 4.78 is 18.6. The van der Waals surface area contributed by atoms with Crippen LogP contribution in [-0.2, 0) is 4.74 Å². The Morgan fingerprint density at radius 1 is 1.13 bits per heavy atom. The molecule has 0 saturated carbocycles. The van der Waals surface area contributed by atoms with Gasteiger partial charge in [0.1, 0.15) is 5.82 Å². The third kappa shape index (κ3) is 4.20. The molecule has 7 heteroatoms. The van der Waals surface area contributed by atoms with Crippen LogP contribution in [0.4, 0.5) is 20.6 Å². The van der Waals surface area contributed by atoms with Crippen molar-refractivity contribution in [3.05, 3.63) is 58.9 Å². The van der Waals surface area contributed by atoms with Gasteiger partial charge in [0.05, 0.1) is 28.6 Å². The van der Waals surface area contributed by atoms with Crippen LogP contribution in [0.2, 0.25) is 5.02 Å². The summed E-state index contributed by atoms with van der Waals surface area (Å²) in [5, 5.41) is 4.86. The molecule has 0 spiro atoms. The largest absolute Gasteiger partial charge is 0.462 e. The van der Waals surface area contributed by atoms with Gasteiger partial charge in [0.25, 0.3) is 0 Å². The van der Waals surface area contributed by atoms with E-state index in [0.717, 1.165) is 0 Å². The van der Waals surface area contributed by atoms with Crippen molar-refractivity contribution in [1.29, 1.82) is 0 Å². The van der Waals surface area contributed by atoms with E-state index in [1.54, 1.807) is 19.1 Å². The first kappa shape index (κ1) is 16.8. The van der Waals surface area contributed by atoms with E-state index in [4.69, 9.17) is 16.3 Å². The van der Waals surface area contributed by atoms with E-state index in [1.807, 2.05) is 0 Å². The van der Waals surface area contributed by atoms with Crippen LogP contribution < -0.4 is 10.6 Å². The summed E-state index contributed by atoms with van der Waals surface area (Å²) in [5.74, 6) is -1.22. The first-order valence-electron chi connectivity index (χ1n) is 6.81. The van der Waals surface area contributed by atoms with Crippen molar-refractivity contribution < 1.29 is 18.7 Å². The van der Waals surface area contributed by atoms with Crippen LogP contribution in [0.3, 0.4) is 0 Å². The molecule has 2 aromatic rings. The molecule has 0 saturated heterocycles. The molecule has 23 heavy (non-hydrogen) atoms. The second-order valence-electron chi connectivity index (χ2n) is 4.44. The van der Waals surface area contributed by atoms with E-state index in [-0.39, 0.29) is 28.6 Å². The van der Waals surface area contributed by atoms with Crippen molar-refractivity contribution in [3.8, 4) is 0 Å². The van der Waals surface area contributed by atoms with Gasteiger partial charge in [-0.1, -0.05) is 29.8 Å². The topological polar surface area (TPSA) is 67.4 Å². The Kier molecular flexibility index (Phi) is 5.54. The van der Waals surface area contributed by atoms with Crippen LogP contribution in [0, 0.1) is 5.82 Å². The number of para-hydroxylation sites is 2. The molecule has 2 amide bonds. The number of hydrogen-bond acceptors (Lipinski definition) is 3. The zero-order chi connectivity index (χ0) is 16.8. The van der Waals surface area contributed by atoms with Crippen LogP contribution in [0.15, 0.2) is 42.5 Å². The highest BCUT2D eigenvalue weighted by Gasteiger charge is 2.15. The van der Waals surface area contributed by atoms with E-state index in [9.17, 15) is 14.0 Å². The summed E-state index contributed by atoms with van der Waals surface area (Å²) in [5.41, 5.74) is 0.306. The molecule has 0 atom stereocenters. The van der Waals surface area contributed by atoms with Crippen LogP contribution in [0.1, 0.15) is 17.3 Å². The molecule has 120 valence electrons. The lowest BCUT2D eigenvalue weighted by Gasteiger charge is -2.12. The van der Waals surface area contributed by atoms with Gasteiger partial charge in [0, 0.05) is 0 Å². The minimum absolute atomic E-state index is 0.0684. The van der Waals surface area contributed by atoms with E-state index in [1.165, 1.54) is 30.3 Å². The smallest absolute Gasteiger partial charge is 0.340 e. The van der Waals surface area contributed by atoms with Gasteiger partial charge in [-0.25, -0.2) is 14.0 Å². The molecule has 0 bridgehead atoms. The molecule has 0 radical (unpaired) electrons. The molecule has 0 aliphatic carbocycles. The summed E-state index contributed by atoms with van der Waals surface area (Å²) >= 11 is 5.84. The fraction of sp³-hybridized carbons (Fsp3) is 0.125. The van der Waals surface area contributed by atoms with Gasteiger partial charge in [-0.3, -0.25) is 0 Å². The first-order chi connectivity index (χ1) is 11.0. The average molecular weight is 337 g/mol. The predicted octanol–water partition coefficient (Wildman–Crippen LogP) is 4.30. The Morgan fingerprint density at radius 2 is 1.87 bits per heavy atom. The molecule has 5 nitrogen and oxygen atoms in total. The zero-order valence-electron chi connectivity index (χ0n) is 12.2. The SMILES string of the molecule is CCOC(=O)c1ccccc1NC(=O)Nc1c(F)cccc1Cl. The van der Waals surface area contributed by atoms with Crippen LogP contribution in [0.25, 0.3) is 0 Å². The highest BCUT2D eigenvalue weighted by molar-refractivity contribution is 6.33. The minimum atomic E-state index is -0.728. The summed E-state index contributed by atoms with van der Waals surface area (Å²) in [6, 6.07) is 9.67. The summed E-state index contributed by atoms with van der Waals surface area (Å²) in [6.07, 6.45) is 0. The highest BCUT2D eigenvalue weighted by Crippen LogP contribution is 2.25. The van der Waals surface area contributed by atoms with Gasteiger partial charge < -0.3 is 15.4 Å². The molecule has 2 aromatic carbocycles. The second kappa shape index (κ2) is 7.60. The standard InChI is InChI=1S/C16H14ClFN2O3/c1-2-23-15(21)10-6-3-4-9-13(10)19-16(22)20-14-11(17)7-5-8-12(14)18/h3-9H,2H2,1H3,(H2,19,20,22). The minimum Gasteiger partial charge on any atom is -0.462 e. The number of hydrogen-bond donors (Lipinski definition) is 2. The van der Waals surface area contributed by atoms with Crippen molar-refractivity contribution in [2.24, 2.45) is 0 Å². The number of ether oxygens (including phenoxy) is 1. The molecule has 2 rings (SSSR count). The lowest BCUT2D eigenvalue weighted by molar-refractivity contribution is 0.0527. The van der Waals surface area contributed by atoms with Crippen molar-refractivity contribution in [2.45, 2.75) is 6.92 Å². The Hall–Kier alpha value is -2.60. The number of benzene rings is 2. The molecule has 0 aromatic heterocycles. The van der Waals surface area contributed by atoms with Gasteiger partial charge >= 0.3 is 12.0 Å². The Balaban J connectivity index is 2.16. The average Bonchev–Trinajstić information content (AvgIpc) is 2.52. The molecule has 0 aliphatic heterocycles. The van der Waals surface area contributed by atoms with E-state index in [0.29, 0.717) is 0 Å². The monoisotopic (exact) mass is 336 g/mol. The summed E-state index contributed by atoms with van der Waals surface area (Å²) in [4.78, 5) is 23.9. The lowest BCUT2D eigenvalue weighted by atomic mass is 10.2. The van der Waals surface area contributed by atoms with Crippen LogP contribution in [0.5, 0.6) is 0 Å². The number of anilines is 2. The maximum Gasteiger partial charge on any atom is 0.340 e. The fourth-order valence-corrected chi connectivity index (χ4v) is 2.07. The summed E-state index contributed by atoms with van der Waals surface area (Å²) in [7, 11) is 0. The van der Waals surface area contributed by atoms with Gasteiger partial charge in [0.2, 0.25) is 0 Å². The number of amides is 2. The lowest BCUT2D eigenvalue weighted by Crippen LogP contribution is -2.22. The molecular formula is C16H14ClFN2O3. The van der Waals surface area contributed by atoms with Crippen LogP contribution >= 0.6 is 11.6 Å². The van der Waals surface area contributed by atoms with Crippen molar-refractivity contribution >= 4 is 35.0 Å². The molecule has 0 aliphatic rings. The Bertz CT molecular complexity index is 717. The third-order valence-electron chi connectivity index (χ3n) is 2.87. The van der Waals surface area contributed by atoms with Gasteiger partial charge in [-0.2, -0.15) is 0 Å². The van der Waals surface area contributed by atoms with Crippen LogP contribution in [-0.4, -0.2) is 18.6 Å². The summed E-state index contributed by atoms with van der Waals surface area (Å²) in [6.45, 7) is 1.89. The van der Waals surface area contributed by atoms with Gasteiger partial charge in [-0.15, -0.1) is 0 Å². The molecule has 0 unspecified atom stereocenters. The normalized spacial score (nSPS) is 10.0. The van der Waals surface area contributed by atoms with E-state index < -0.39 is 17.8 Å². The predicted molar refractivity (Wildman–Crippen MR) is 86.4 cm³/mol. The highest BCUT2D eigenvalue weighted by atomic mass is 35.5. The maximum absolute atomic E-state index is 13.7. The van der Waals surface area contributed by atoms with Gasteiger partial charge in [0.15, 0.2) is 0 Å². The zero-order valence-corrected chi connectivity index (χ0v) is 13.0. The quantitative estimate of drug-likeness (QED) is 0.818. The molecule has 2 N–H and O–H groups in total. The number of carbonyl (C=O) groups excluding carboxylic acids is 2. The number of nitrogens with one attached hydrogen (secondary N) is 2. The Labute approximate surface area is 137 Å². The molecule has 0 fully saturated rings. The number of rotatable bonds is 4. The maximum atomic E-state index is 13.7. The van der Waals surface area contributed by atoms with Crippen molar-refractivity contribution in [3.63, 3.8) is 0 Å². The Morgan fingerprint density at radius 3 is 2.57 bits per heavy atom. The van der Waals surface area contributed by atoms with E-state index in [2.05, 4.69) is 10.6 Å². The van der Waals surface area contributed by atoms with E-state index >= 15 is 0 Å². The number of halogens is 2.